The normalized spacial score (nSPS) is 13.7. The van der Waals surface area contributed by atoms with Crippen molar-refractivity contribution in [3.05, 3.63) is 36.4 Å². The van der Waals surface area contributed by atoms with Crippen molar-refractivity contribution < 1.29 is 14.3 Å². The molecule has 1 unspecified atom stereocenters. The van der Waals surface area contributed by atoms with E-state index in [0.29, 0.717) is 18.0 Å². The van der Waals surface area contributed by atoms with Crippen molar-refractivity contribution in [2.45, 2.75) is 33.0 Å². The first-order chi connectivity index (χ1) is 12.8. The fourth-order valence-electron chi connectivity index (χ4n) is 2.68. The summed E-state index contributed by atoms with van der Waals surface area (Å²) in [6.45, 7) is 10.2. The van der Waals surface area contributed by atoms with E-state index >= 15 is 0 Å². The fraction of sp³-hybridized carbons (Fsp3) is 0.500. The van der Waals surface area contributed by atoms with E-state index in [1.165, 1.54) is 17.8 Å². The number of thioether (sulfide) groups is 1. The average Bonchev–Trinajstić information content (AvgIpc) is 2.68. The van der Waals surface area contributed by atoms with Crippen LogP contribution in [0.15, 0.2) is 35.8 Å². The van der Waals surface area contributed by atoms with Gasteiger partial charge >= 0.3 is 0 Å². The van der Waals surface area contributed by atoms with Gasteiger partial charge in [-0.1, -0.05) is 38.3 Å². The van der Waals surface area contributed by atoms with Gasteiger partial charge in [0.25, 0.3) is 0 Å². The van der Waals surface area contributed by atoms with Crippen LogP contribution in [0.5, 0.6) is 11.5 Å². The van der Waals surface area contributed by atoms with Crippen LogP contribution in [0.2, 0.25) is 0 Å². The third kappa shape index (κ3) is 5.42. The molecular formula is C20H31N3O3S. The highest BCUT2D eigenvalue weighted by atomic mass is 32.2. The van der Waals surface area contributed by atoms with Crippen LogP contribution in [0.1, 0.15) is 26.3 Å². The van der Waals surface area contributed by atoms with E-state index in [1.807, 2.05) is 31.4 Å². The van der Waals surface area contributed by atoms with Crippen LogP contribution in [0.4, 0.5) is 0 Å². The second kappa shape index (κ2) is 10.3. The van der Waals surface area contributed by atoms with Crippen LogP contribution >= 0.6 is 11.8 Å². The van der Waals surface area contributed by atoms with E-state index < -0.39 is 5.66 Å². The first-order valence-corrected chi connectivity index (χ1v) is 9.93. The molecule has 1 atom stereocenters. The number of benzene rings is 1. The molecule has 7 heteroatoms. The van der Waals surface area contributed by atoms with Gasteiger partial charge in [-0.25, -0.2) is 0 Å². The Morgan fingerprint density at radius 2 is 2.00 bits per heavy atom. The topological polar surface area (TPSA) is 63.2 Å². The summed E-state index contributed by atoms with van der Waals surface area (Å²) in [6, 6.07) is 5.65. The monoisotopic (exact) mass is 393 g/mol. The van der Waals surface area contributed by atoms with Crippen molar-refractivity contribution in [2.75, 3.05) is 27.5 Å². The Kier molecular flexibility index (Phi) is 8.69. The van der Waals surface area contributed by atoms with Crippen molar-refractivity contribution >= 4 is 22.8 Å². The number of amides is 1. The molecular weight excluding hydrogens is 362 g/mol. The molecule has 27 heavy (non-hydrogen) atoms. The Balaban J connectivity index is 3.34. The van der Waals surface area contributed by atoms with Crippen molar-refractivity contribution in [2.24, 2.45) is 10.9 Å². The summed E-state index contributed by atoms with van der Waals surface area (Å²) < 4.78 is 10.7. The van der Waals surface area contributed by atoms with Gasteiger partial charge in [-0.3, -0.25) is 9.79 Å². The molecule has 1 rings (SSSR count). The number of hydrogen-bond donors (Lipinski definition) is 1. The lowest BCUT2D eigenvalue weighted by Crippen LogP contribution is -2.62. The van der Waals surface area contributed by atoms with Crippen LogP contribution < -0.4 is 14.8 Å². The minimum atomic E-state index is -0.656. The SMILES string of the molecule is C=CC(=O)N(Cc1ccc(OC)c(OC)c1)C(C)(NC(=NC)SC)C(C)C. The smallest absolute Gasteiger partial charge is 0.248 e. The van der Waals surface area contributed by atoms with Gasteiger partial charge in [0.05, 0.1) is 14.2 Å². The average molecular weight is 394 g/mol. The van der Waals surface area contributed by atoms with Gasteiger partial charge in [0.2, 0.25) is 5.91 Å². The highest BCUT2D eigenvalue weighted by Gasteiger charge is 2.38. The van der Waals surface area contributed by atoms with Crippen molar-refractivity contribution in [1.29, 1.82) is 0 Å². The Morgan fingerprint density at radius 3 is 2.44 bits per heavy atom. The molecule has 1 N–H and O–H groups in total. The molecule has 0 heterocycles. The van der Waals surface area contributed by atoms with Gasteiger partial charge in [0.15, 0.2) is 16.7 Å². The van der Waals surface area contributed by atoms with Crippen LogP contribution in [0.3, 0.4) is 0 Å². The number of carbonyl (C=O) groups excluding carboxylic acids is 1. The molecule has 0 aromatic heterocycles. The minimum Gasteiger partial charge on any atom is -0.493 e. The Morgan fingerprint density at radius 1 is 1.37 bits per heavy atom. The predicted molar refractivity (Wildman–Crippen MR) is 114 cm³/mol. The second-order valence-corrected chi connectivity index (χ2v) is 7.27. The molecule has 0 aliphatic rings. The number of hydrogen-bond acceptors (Lipinski definition) is 5. The first kappa shape index (κ1) is 22.9. The number of amidine groups is 1. The maximum atomic E-state index is 12.8. The third-order valence-corrected chi connectivity index (χ3v) is 5.34. The number of rotatable bonds is 8. The summed E-state index contributed by atoms with van der Waals surface area (Å²) in [5, 5.41) is 4.19. The number of ether oxygens (including phenoxy) is 2. The summed E-state index contributed by atoms with van der Waals surface area (Å²) in [4.78, 5) is 18.8. The molecule has 0 saturated carbocycles. The standard InChI is InChI=1S/C20H31N3O3S/c1-9-18(24)23(20(4,14(2)3)22-19(21-5)27-8)13-15-10-11-16(25-6)17(12-15)26-7/h9-12,14H,1,13H2,2-8H3,(H,21,22). The Labute approximate surface area is 167 Å². The van der Waals surface area contributed by atoms with Crippen LogP contribution in [-0.2, 0) is 11.3 Å². The largest absolute Gasteiger partial charge is 0.493 e. The van der Waals surface area contributed by atoms with Crippen molar-refractivity contribution in [3.8, 4) is 11.5 Å². The maximum Gasteiger partial charge on any atom is 0.248 e. The molecule has 1 aromatic carbocycles. The zero-order valence-electron chi connectivity index (χ0n) is 17.3. The van der Waals surface area contributed by atoms with Gasteiger partial charge in [-0.2, -0.15) is 0 Å². The number of nitrogens with zero attached hydrogens (tertiary/aromatic N) is 2. The number of carbonyl (C=O) groups is 1. The molecule has 0 saturated heterocycles. The second-order valence-electron chi connectivity index (χ2n) is 6.48. The highest BCUT2D eigenvalue weighted by Crippen LogP contribution is 2.30. The molecule has 150 valence electrons. The highest BCUT2D eigenvalue weighted by molar-refractivity contribution is 8.13. The van der Waals surface area contributed by atoms with Gasteiger partial charge in [-0.05, 0) is 42.9 Å². The zero-order valence-corrected chi connectivity index (χ0v) is 18.1. The summed E-state index contributed by atoms with van der Waals surface area (Å²) in [6.07, 6.45) is 3.29. The third-order valence-electron chi connectivity index (χ3n) is 4.67. The van der Waals surface area contributed by atoms with E-state index in [0.717, 1.165) is 10.7 Å². The van der Waals surface area contributed by atoms with Gasteiger partial charge in [-0.15, -0.1) is 0 Å². The number of methoxy groups -OCH3 is 2. The maximum absolute atomic E-state index is 12.8. The predicted octanol–water partition coefficient (Wildman–Crippen LogP) is 3.53. The molecule has 1 amide bonds. The number of nitrogens with one attached hydrogen (secondary N) is 1. The Hall–Kier alpha value is -2.15. The van der Waals surface area contributed by atoms with E-state index in [9.17, 15) is 4.79 Å². The summed E-state index contributed by atoms with van der Waals surface area (Å²) >= 11 is 1.51. The molecule has 0 aliphatic heterocycles. The van der Waals surface area contributed by atoms with Gasteiger partial charge in [0.1, 0.15) is 5.66 Å². The molecule has 0 fully saturated rings. The lowest BCUT2D eigenvalue weighted by atomic mass is 9.95. The lowest BCUT2D eigenvalue weighted by Gasteiger charge is -2.45. The van der Waals surface area contributed by atoms with Gasteiger partial charge < -0.3 is 19.7 Å². The first-order valence-electron chi connectivity index (χ1n) is 8.71. The summed E-state index contributed by atoms with van der Waals surface area (Å²) in [5.74, 6) is 1.23. The summed E-state index contributed by atoms with van der Waals surface area (Å²) in [5.41, 5.74) is 0.270. The Bertz CT molecular complexity index is 691. The van der Waals surface area contributed by atoms with Gasteiger partial charge in [0, 0.05) is 13.6 Å². The number of aliphatic imine (C=N–C) groups is 1. The fourth-order valence-corrected chi connectivity index (χ4v) is 3.17. The van der Waals surface area contributed by atoms with Crippen LogP contribution in [-0.4, -0.2) is 49.2 Å². The van der Waals surface area contributed by atoms with Crippen LogP contribution in [0.25, 0.3) is 0 Å². The molecule has 0 aliphatic carbocycles. The minimum absolute atomic E-state index is 0.116. The van der Waals surface area contributed by atoms with E-state index in [4.69, 9.17) is 9.47 Å². The van der Waals surface area contributed by atoms with E-state index in [1.54, 1.807) is 26.2 Å². The molecule has 0 radical (unpaired) electrons. The molecule has 0 bridgehead atoms. The van der Waals surface area contributed by atoms with Crippen LogP contribution in [0, 0.1) is 5.92 Å². The van der Waals surface area contributed by atoms with E-state index in [-0.39, 0.29) is 11.8 Å². The van der Waals surface area contributed by atoms with Crippen molar-refractivity contribution in [1.82, 2.24) is 10.2 Å². The van der Waals surface area contributed by atoms with Crippen molar-refractivity contribution in [3.63, 3.8) is 0 Å². The quantitative estimate of drug-likeness (QED) is 0.317. The summed E-state index contributed by atoms with van der Waals surface area (Å²) in [7, 11) is 4.92. The molecule has 0 spiro atoms. The lowest BCUT2D eigenvalue weighted by molar-refractivity contribution is -0.135. The van der Waals surface area contributed by atoms with E-state index in [2.05, 4.69) is 30.7 Å². The molecule has 1 aromatic rings. The molecule has 6 nitrogen and oxygen atoms in total. The zero-order chi connectivity index (χ0) is 20.6.